The van der Waals surface area contributed by atoms with Gasteiger partial charge in [-0.05, 0) is 36.2 Å². The summed E-state index contributed by atoms with van der Waals surface area (Å²) in [5.41, 5.74) is 1.91. The zero-order valence-electron chi connectivity index (χ0n) is 11.3. The largest absolute Gasteiger partial charge is 0.386 e. The van der Waals surface area contributed by atoms with Crippen LogP contribution in [0, 0.1) is 0 Å². The van der Waals surface area contributed by atoms with E-state index >= 15 is 0 Å². The molecule has 0 heterocycles. The maximum Gasteiger partial charge on any atom is 0.346 e. The number of rotatable bonds is 4. The molecule has 102 valence electrons. The molecule has 0 aliphatic carbocycles. The summed E-state index contributed by atoms with van der Waals surface area (Å²) in [4.78, 5) is 23.6. The topological polar surface area (TPSA) is 43.4 Å². The minimum Gasteiger partial charge on any atom is -0.386 e. The van der Waals surface area contributed by atoms with Crippen LogP contribution in [0.1, 0.15) is 39.6 Å². The molecule has 0 radical (unpaired) electrons. The molecule has 0 aromatic heterocycles. The molecule has 2 aromatic rings. The van der Waals surface area contributed by atoms with Crippen molar-refractivity contribution in [2.75, 3.05) is 0 Å². The monoisotopic (exact) mass is 268 g/mol. The minimum absolute atomic E-state index is 0.364. The summed E-state index contributed by atoms with van der Waals surface area (Å²) in [6.07, 6.45) is 2.02. The van der Waals surface area contributed by atoms with Gasteiger partial charge < -0.3 is 4.74 Å². The van der Waals surface area contributed by atoms with Crippen LogP contribution in [0.15, 0.2) is 54.6 Å². The summed E-state index contributed by atoms with van der Waals surface area (Å²) in [5.74, 6) is -1.25. The van der Waals surface area contributed by atoms with Gasteiger partial charge in [-0.2, -0.15) is 0 Å². The van der Waals surface area contributed by atoms with Gasteiger partial charge >= 0.3 is 11.9 Å². The summed E-state index contributed by atoms with van der Waals surface area (Å²) in [6, 6.07) is 15.6. The second-order valence-electron chi connectivity index (χ2n) is 4.49. The Balaban J connectivity index is 2.03. The molecule has 0 amide bonds. The molecule has 3 heteroatoms. The van der Waals surface area contributed by atoms with Crippen molar-refractivity contribution in [1.82, 2.24) is 0 Å². The average molecular weight is 268 g/mol. The molecule has 0 aliphatic heterocycles. The van der Waals surface area contributed by atoms with Gasteiger partial charge in [-0.15, -0.1) is 0 Å². The Labute approximate surface area is 118 Å². The van der Waals surface area contributed by atoms with Crippen LogP contribution in [0.2, 0.25) is 0 Å². The van der Waals surface area contributed by atoms with E-state index in [-0.39, 0.29) is 0 Å². The summed E-state index contributed by atoms with van der Waals surface area (Å²) in [6.45, 7) is 2.10. The van der Waals surface area contributed by atoms with Crippen molar-refractivity contribution in [3.63, 3.8) is 0 Å². The van der Waals surface area contributed by atoms with Crippen LogP contribution in [0.25, 0.3) is 0 Å². The number of hydrogen-bond acceptors (Lipinski definition) is 3. The standard InChI is InChI=1S/C17H16O3/c1-2-6-13-9-11-15(12-10-13)17(19)20-16(18)14-7-4-3-5-8-14/h3-5,7-12H,2,6H2,1H3. The predicted molar refractivity (Wildman–Crippen MR) is 76.6 cm³/mol. The number of ether oxygens (including phenoxy) is 1. The molecule has 0 N–H and O–H groups in total. The van der Waals surface area contributed by atoms with Crippen LogP contribution in [-0.4, -0.2) is 11.9 Å². The van der Waals surface area contributed by atoms with Crippen LogP contribution in [0.5, 0.6) is 0 Å². The van der Waals surface area contributed by atoms with Gasteiger partial charge in [0.25, 0.3) is 0 Å². The summed E-state index contributed by atoms with van der Waals surface area (Å²) in [5, 5.41) is 0. The lowest BCUT2D eigenvalue weighted by Crippen LogP contribution is -2.12. The van der Waals surface area contributed by atoms with Gasteiger partial charge in [0.05, 0.1) is 11.1 Å². The number of carbonyl (C=O) groups excluding carboxylic acids is 2. The molecule has 0 saturated heterocycles. The van der Waals surface area contributed by atoms with Crippen LogP contribution in [0.4, 0.5) is 0 Å². The number of aryl methyl sites for hydroxylation is 1. The molecule has 20 heavy (non-hydrogen) atoms. The number of benzene rings is 2. The molecule has 2 rings (SSSR count). The quantitative estimate of drug-likeness (QED) is 0.628. The number of hydrogen-bond donors (Lipinski definition) is 0. The van der Waals surface area contributed by atoms with Crippen molar-refractivity contribution in [3.8, 4) is 0 Å². The van der Waals surface area contributed by atoms with E-state index in [4.69, 9.17) is 4.74 Å². The predicted octanol–water partition coefficient (Wildman–Crippen LogP) is 3.64. The highest BCUT2D eigenvalue weighted by atomic mass is 16.6. The molecule has 0 fully saturated rings. The Kier molecular flexibility index (Phi) is 4.66. The van der Waals surface area contributed by atoms with Crippen LogP contribution >= 0.6 is 0 Å². The Hall–Kier alpha value is -2.42. The van der Waals surface area contributed by atoms with Gasteiger partial charge in [0.15, 0.2) is 0 Å². The van der Waals surface area contributed by atoms with Crippen molar-refractivity contribution < 1.29 is 14.3 Å². The molecule has 2 aromatic carbocycles. The van der Waals surface area contributed by atoms with Gasteiger partial charge in [0.2, 0.25) is 0 Å². The van der Waals surface area contributed by atoms with E-state index in [1.165, 1.54) is 5.56 Å². The Morgan fingerprint density at radius 2 is 1.40 bits per heavy atom. The zero-order chi connectivity index (χ0) is 14.4. The minimum atomic E-state index is -0.631. The van der Waals surface area contributed by atoms with Gasteiger partial charge in [-0.25, -0.2) is 9.59 Å². The van der Waals surface area contributed by atoms with Crippen molar-refractivity contribution in [2.24, 2.45) is 0 Å². The Morgan fingerprint density at radius 3 is 1.95 bits per heavy atom. The third-order valence-corrected chi connectivity index (χ3v) is 2.92. The summed E-state index contributed by atoms with van der Waals surface area (Å²) in [7, 11) is 0. The van der Waals surface area contributed by atoms with Gasteiger partial charge in [-0.3, -0.25) is 0 Å². The molecule has 0 spiro atoms. The average Bonchev–Trinajstić information content (AvgIpc) is 2.49. The van der Waals surface area contributed by atoms with Crippen molar-refractivity contribution in [2.45, 2.75) is 19.8 Å². The third kappa shape index (κ3) is 3.54. The smallest absolute Gasteiger partial charge is 0.346 e. The van der Waals surface area contributed by atoms with Crippen molar-refractivity contribution >= 4 is 11.9 Å². The molecule has 3 nitrogen and oxygen atoms in total. The molecule has 0 aliphatic rings. The fraction of sp³-hybridized carbons (Fsp3) is 0.176. The van der Waals surface area contributed by atoms with Gasteiger partial charge in [0, 0.05) is 0 Å². The van der Waals surface area contributed by atoms with E-state index in [1.807, 2.05) is 12.1 Å². The highest BCUT2D eigenvalue weighted by molar-refractivity contribution is 6.02. The fourth-order valence-corrected chi connectivity index (χ4v) is 1.87. The molecule has 0 atom stereocenters. The summed E-state index contributed by atoms with van der Waals surface area (Å²) >= 11 is 0. The second-order valence-corrected chi connectivity index (χ2v) is 4.49. The maximum atomic E-state index is 11.9. The number of esters is 2. The van der Waals surface area contributed by atoms with Crippen LogP contribution in [-0.2, 0) is 11.2 Å². The SMILES string of the molecule is CCCc1ccc(C(=O)OC(=O)c2ccccc2)cc1. The molecule has 0 bridgehead atoms. The van der Waals surface area contributed by atoms with Crippen molar-refractivity contribution in [3.05, 3.63) is 71.3 Å². The lowest BCUT2D eigenvalue weighted by molar-refractivity contribution is 0.0398. The first kappa shape index (κ1) is 14.0. The number of carbonyl (C=O) groups is 2. The van der Waals surface area contributed by atoms with E-state index in [9.17, 15) is 9.59 Å². The first-order chi connectivity index (χ1) is 9.70. The first-order valence-corrected chi connectivity index (χ1v) is 6.61. The lowest BCUT2D eigenvalue weighted by Gasteiger charge is -2.04. The molecular weight excluding hydrogens is 252 g/mol. The van der Waals surface area contributed by atoms with Gasteiger partial charge in [-0.1, -0.05) is 43.7 Å². The summed E-state index contributed by atoms with van der Waals surface area (Å²) < 4.78 is 4.84. The van der Waals surface area contributed by atoms with E-state index in [0.29, 0.717) is 11.1 Å². The fourth-order valence-electron chi connectivity index (χ4n) is 1.87. The normalized spacial score (nSPS) is 10.1. The van der Waals surface area contributed by atoms with Crippen LogP contribution < -0.4 is 0 Å². The highest BCUT2D eigenvalue weighted by Crippen LogP contribution is 2.09. The van der Waals surface area contributed by atoms with E-state index in [0.717, 1.165) is 12.8 Å². The van der Waals surface area contributed by atoms with E-state index < -0.39 is 11.9 Å². The van der Waals surface area contributed by atoms with E-state index in [1.54, 1.807) is 42.5 Å². The molecule has 0 unspecified atom stereocenters. The lowest BCUT2D eigenvalue weighted by atomic mass is 10.1. The Bertz CT molecular complexity index is 585. The highest BCUT2D eigenvalue weighted by Gasteiger charge is 2.14. The molecule has 0 saturated carbocycles. The maximum absolute atomic E-state index is 11.9. The third-order valence-electron chi connectivity index (χ3n) is 2.92. The molecular formula is C17H16O3. The van der Waals surface area contributed by atoms with Crippen LogP contribution in [0.3, 0.4) is 0 Å². The Morgan fingerprint density at radius 1 is 0.850 bits per heavy atom. The van der Waals surface area contributed by atoms with E-state index in [2.05, 4.69) is 6.92 Å². The zero-order valence-corrected chi connectivity index (χ0v) is 11.3. The van der Waals surface area contributed by atoms with Gasteiger partial charge in [0.1, 0.15) is 0 Å². The first-order valence-electron chi connectivity index (χ1n) is 6.61. The second kappa shape index (κ2) is 6.66. The van der Waals surface area contributed by atoms with Crippen molar-refractivity contribution in [1.29, 1.82) is 0 Å².